The van der Waals surface area contributed by atoms with Crippen molar-refractivity contribution in [2.45, 2.75) is 12.8 Å². The number of rotatable bonds is 4. The minimum Gasteiger partial charge on any atom is -0.103 e. The summed E-state index contributed by atoms with van der Waals surface area (Å²) in [5.41, 5.74) is 1.30. The van der Waals surface area contributed by atoms with Crippen molar-refractivity contribution >= 4 is 0 Å². The number of unbranched alkanes of at least 4 members (excludes halogenated alkanes) is 1. The standard InChI is InChI=1S/C11H13/c1-2-3-5-8-11-9-6-4-7-10-11/h2,4,6-10H,1,3,5H2. The van der Waals surface area contributed by atoms with Crippen molar-refractivity contribution in [2.24, 2.45) is 0 Å². The molecule has 0 aliphatic heterocycles. The molecule has 0 amide bonds. The lowest BCUT2D eigenvalue weighted by Crippen LogP contribution is -1.78. The number of hydrogen-bond acceptors (Lipinski definition) is 0. The van der Waals surface area contributed by atoms with Crippen LogP contribution >= 0.6 is 0 Å². The van der Waals surface area contributed by atoms with E-state index in [-0.39, 0.29) is 0 Å². The molecule has 11 heavy (non-hydrogen) atoms. The Bertz CT molecular complexity index is 199. The monoisotopic (exact) mass is 145 g/mol. The highest BCUT2D eigenvalue weighted by molar-refractivity contribution is 5.22. The maximum Gasteiger partial charge on any atom is -0.00900 e. The van der Waals surface area contributed by atoms with Crippen molar-refractivity contribution in [3.8, 4) is 0 Å². The van der Waals surface area contributed by atoms with Gasteiger partial charge in [0.2, 0.25) is 0 Å². The summed E-state index contributed by atoms with van der Waals surface area (Å²) in [7, 11) is 0. The Morgan fingerprint density at radius 2 is 1.82 bits per heavy atom. The van der Waals surface area contributed by atoms with Gasteiger partial charge in [0.15, 0.2) is 0 Å². The van der Waals surface area contributed by atoms with Crippen LogP contribution in [0.1, 0.15) is 18.4 Å². The molecular weight excluding hydrogens is 132 g/mol. The van der Waals surface area contributed by atoms with Crippen molar-refractivity contribution in [3.05, 3.63) is 55.0 Å². The van der Waals surface area contributed by atoms with Crippen LogP contribution in [0.25, 0.3) is 0 Å². The van der Waals surface area contributed by atoms with E-state index < -0.39 is 0 Å². The van der Waals surface area contributed by atoms with Gasteiger partial charge in [-0.05, 0) is 24.8 Å². The molecule has 0 aliphatic rings. The third kappa shape index (κ3) is 3.03. The van der Waals surface area contributed by atoms with Gasteiger partial charge in [0.25, 0.3) is 0 Å². The molecule has 1 aromatic carbocycles. The zero-order chi connectivity index (χ0) is 7.94. The molecule has 1 radical (unpaired) electrons. The van der Waals surface area contributed by atoms with Crippen molar-refractivity contribution in [1.82, 2.24) is 0 Å². The SMILES string of the molecule is C=CCC[CH]c1ccccc1. The molecule has 0 aromatic heterocycles. The Labute approximate surface area is 68.6 Å². The average Bonchev–Trinajstić information content (AvgIpc) is 2.07. The Balaban J connectivity index is 2.33. The van der Waals surface area contributed by atoms with E-state index in [0.29, 0.717) is 0 Å². The maximum absolute atomic E-state index is 3.67. The quantitative estimate of drug-likeness (QED) is 0.451. The molecule has 0 bridgehead atoms. The molecule has 0 fully saturated rings. The van der Waals surface area contributed by atoms with Crippen LogP contribution in [0.2, 0.25) is 0 Å². The summed E-state index contributed by atoms with van der Waals surface area (Å²) in [5, 5.41) is 0. The molecule has 0 N–H and O–H groups in total. The molecule has 0 saturated heterocycles. The lowest BCUT2D eigenvalue weighted by atomic mass is 10.1. The molecule has 0 saturated carbocycles. The van der Waals surface area contributed by atoms with Crippen molar-refractivity contribution in [1.29, 1.82) is 0 Å². The number of benzene rings is 1. The summed E-state index contributed by atoms with van der Waals surface area (Å²) in [5.74, 6) is 0. The van der Waals surface area contributed by atoms with Crippen molar-refractivity contribution < 1.29 is 0 Å². The lowest BCUT2D eigenvalue weighted by Gasteiger charge is -1.96. The van der Waals surface area contributed by atoms with Crippen LogP contribution in [0.3, 0.4) is 0 Å². The normalized spacial score (nSPS) is 9.45. The van der Waals surface area contributed by atoms with E-state index in [1.54, 1.807) is 0 Å². The largest absolute Gasteiger partial charge is 0.103 e. The molecule has 1 aromatic rings. The topological polar surface area (TPSA) is 0 Å². The Morgan fingerprint density at radius 3 is 2.45 bits per heavy atom. The third-order valence-electron chi connectivity index (χ3n) is 1.55. The van der Waals surface area contributed by atoms with Gasteiger partial charge in [0.05, 0.1) is 0 Å². The molecule has 0 spiro atoms. The first-order chi connectivity index (χ1) is 5.43. The zero-order valence-electron chi connectivity index (χ0n) is 6.66. The van der Waals surface area contributed by atoms with Crippen molar-refractivity contribution in [3.63, 3.8) is 0 Å². The van der Waals surface area contributed by atoms with E-state index in [4.69, 9.17) is 0 Å². The molecular formula is C11H13. The summed E-state index contributed by atoms with van der Waals surface area (Å²) in [4.78, 5) is 0. The fraction of sp³-hybridized carbons (Fsp3) is 0.182. The molecule has 0 nitrogen and oxygen atoms in total. The molecule has 0 atom stereocenters. The van der Waals surface area contributed by atoms with E-state index in [2.05, 4.69) is 37.3 Å². The highest BCUT2D eigenvalue weighted by atomic mass is 13.9. The highest BCUT2D eigenvalue weighted by Crippen LogP contribution is 2.06. The van der Waals surface area contributed by atoms with Crippen LogP contribution in [-0.4, -0.2) is 0 Å². The van der Waals surface area contributed by atoms with Gasteiger partial charge in [-0.15, -0.1) is 6.58 Å². The Morgan fingerprint density at radius 1 is 1.09 bits per heavy atom. The minimum atomic E-state index is 1.06. The van der Waals surface area contributed by atoms with E-state index in [1.807, 2.05) is 12.1 Å². The van der Waals surface area contributed by atoms with Gasteiger partial charge in [0, 0.05) is 0 Å². The van der Waals surface area contributed by atoms with Crippen molar-refractivity contribution in [2.75, 3.05) is 0 Å². The summed E-state index contributed by atoms with van der Waals surface area (Å²) in [6, 6.07) is 10.4. The van der Waals surface area contributed by atoms with Gasteiger partial charge in [0.1, 0.15) is 0 Å². The Kier molecular flexibility index (Phi) is 3.46. The van der Waals surface area contributed by atoms with Crippen LogP contribution in [0, 0.1) is 6.42 Å². The summed E-state index contributed by atoms with van der Waals surface area (Å²) in [6.07, 6.45) is 6.32. The predicted octanol–water partition coefficient (Wildman–Crippen LogP) is 3.21. The summed E-state index contributed by atoms with van der Waals surface area (Å²) >= 11 is 0. The fourth-order valence-electron chi connectivity index (χ4n) is 0.957. The van der Waals surface area contributed by atoms with Crippen LogP contribution < -0.4 is 0 Å². The van der Waals surface area contributed by atoms with Crippen LogP contribution in [0.5, 0.6) is 0 Å². The molecule has 0 heterocycles. The smallest absolute Gasteiger partial charge is 0.00900 e. The molecule has 0 unspecified atom stereocenters. The second-order valence-electron chi connectivity index (χ2n) is 2.48. The first-order valence-corrected chi connectivity index (χ1v) is 3.92. The van der Waals surface area contributed by atoms with E-state index >= 15 is 0 Å². The van der Waals surface area contributed by atoms with Crippen LogP contribution in [0.4, 0.5) is 0 Å². The van der Waals surface area contributed by atoms with Gasteiger partial charge in [-0.1, -0.05) is 36.4 Å². The molecule has 1 rings (SSSR count). The number of hydrogen-bond donors (Lipinski definition) is 0. The molecule has 57 valence electrons. The van der Waals surface area contributed by atoms with E-state index in [9.17, 15) is 0 Å². The van der Waals surface area contributed by atoms with Gasteiger partial charge in [-0.3, -0.25) is 0 Å². The summed E-state index contributed by atoms with van der Waals surface area (Å²) < 4.78 is 0. The first kappa shape index (κ1) is 8.06. The third-order valence-corrected chi connectivity index (χ3v) is 1.55. The van der Waals surface area contributed by atoms with Gasteiger partial charge in [-0.2, -0.15) is 0 Å². The second kappa shape index (κ2) is 4.73. The average molecular weight is 145 g/mol. The zero-order valence-corrected chi connectivity index (χ0v) is 6.66. The second-order valence-corrected chi connectivity index (χ2v) is 2.48. The minimum absolute atomic E-state index is 1.06. The Hall–Kier alpha value is -1.04. The summed E-state index contributed by atoms with van der Waals surface area (Å²) in [6.45, 7) is 3.67. The van der Waals surface area contributed by atoms with Gasteiger partial charge in [-0.25, -0.2) is 0 Å². The predicted molar refractivity (Wildman–Crippen MR) is 49.3 cm³/mol. The van der Waals surface area contributed by atoms with E-state index in [0.717, 1.165) is 12.8 Å². The molecule has 0 heteroatoms. The molecule has 0 aliphatic carbocycles. The first-order valence-electron chi connectivity index (χ1n) is 3.92. The fourth-order valence-corrected chi connectivity index (χ4v) is 0.957. The van der Waals surface area contributed by atoms with Crippen LogP contribution in [0.15, 0.2) is 43.0 Å². The van der Waals surface area contributed by atoms with Gasteiger partial charge >= 0.3 is 0 Å². The highest BCUT2D eigenvalue weighted by Gasteiger charge is 1.88. The van der Waals surface area contributed by atoms with Crippen LogP contribution in [-0.2, 0) is 0 Å². The number of allylic oxidation sites excluding steroid dienone is 1. The van der Waals surface area contributed by atoms with Gasteiger partial charge < -0.3 is 0 Å². The lowest BCUT2D eigenvalue weighted by molar-refractivity contribution is 0.993. The van der Waals surface area contributed by atoms with E-state index in [1.165, 1.54) is 5.56 Å². The maximum atomic E-state index is 3.67.